The van der Waals surface area contributed by atoms with Crippen LogP contribution in [0.1, 0.15) is 41.1 Å². The smallest absolute Gasteiger partial charge is 0.253 e. The van der Waals surface area contributed by atoms with Crippen molar-refractivity contribution in [2.75, 3.05) is 20.2 Å². The van der Waals surface area contributed by atoms with Gasteiger partial charge in [0.2, 0.25) is 5.91 Å². The average Bonchev–Trinajstić information content (AvgIpc) is 3.04. The van der Waals surface area contributed by atoms with Crippen molar-refractivity contribution < 1.29 is 14.3 Å². The van der Waals surface area contributed by atoms with Gasteiger partial charge < -0.3 is 15.0 Å². The maximum absolute atomic E-state index is 12.8. The van der Waals surface area contributed by atoms with E-state index >= 15 is 0 Å². The molecule has 0 radical (unpaired) electrons. The third-order valence-corrected chi connectivity index (χ3v) is 5.83. The highest BCUT2D eigenvalue weighted by Gasteiger charge is 2.46. The van der Waals surface area contributed by atoms with Crippen molar-refractivity contribution in [3.8, 4) is 5.75 Å². The summed E-state index contributed by atoms with van der Waals surface area (Å²) in [6.45, 7) is 1.30. The summed E-state index contributed by atoms with van der Waals surface area (Å²) in [4.78, 5) is 27.2. The van der Waals surface area contributed by atoms with E-state index < -0.39 is 0 Å². The Labute approximate surface area is 159 Å². The molecular weight excluding hydrogens is 340 g/mol. The number of nitrogens with one attached hydrogen (secondary N) is 1. The maximum Gasteiger partial charge on any atom is 0.253 e. The molecule has 2 aromatic carbocycles. The fourth-order valence-electron chi connectivity index (χ4n) is 4.24. The van der Waals surface area contributed by atoms with E-state index in [4.69, 9.17) is 4.74 Å². The number of methoxy groups -OCH3 is 1. The first-order chi connectivity index (χ1) is 13.1. The lowest BCUT2D eigenvalue weighted by molar-refractivity contribution is -0.121. The van der Waals surface area contributed by atoms with Gasteiger partial charge in [-0.25, -0.2) is 0 Å². The molecule has 0 bridgehead atoms. The van der Waals surface area contributed by atoms with Crippen molar-refractivity contribution in [3.63, 3.8) is 0 Å². The largest absolute Gasteiger partial charge is 0.497 e. The lowest BCUT2D eigenvalue weighted by Crippen LogP contribution is -2.52. The van der Waals surface area contributed by atoms with Crippen LogP contribution in [0.15, 0.2) is 54.6 Å². The first kappa shape index (κ1) is 17.6. The number of likely N-dealkylation sites (tertiary alicyclic amines) is 1. The Morgan fingerprint density at radius 2 is 1.85 bits per heavy atom. The third-order valence-electron chi connectivity index (χ3n) is 5.83. The number of rotatable bonds is 3. The van der Waals surface area contributed by atoms with Gasteiger partial charge in [0.25, 0.3) is 5.91 Å². The summed E-state index contributed by atoms with van der Waals surface area (Å²) in [6.07, 6.45) is 2.38. The predicted octanol–water partition coefficient (Wildman–Crippen LogP) is 2.97. The molecule has 2 amide bonds. The summed E-state index contributed by atoms with van der Waals surface area (Å²) in [5.74, 6) is 0.719. The van der Waals surface area contributed by atoms with Crippen molar-refractivity contribution >= 4 is 11.8 Å². The third kappa shape index (κ3) is 3.42. The molecule has 2 aliphatic rings. The molecule has 0 aliphatic carbocycles. The summed E-state index contributed by atoms with van der Waals surface area (Å²) < 4.78 is 5.22. The fraction of sp³-hybridized carbons (Fsp3) is 0.364. The lowest BCUT2D eigenvalue weighted by atomic mass is 9.82. The molecule has 2 fully saturated rings. The van der Waals surface area contributed by atoms with Crippen molar-refractivity contribution in [1.29, 1.82) is 0 Å². The molecule has 140 valence electrons. The number of benzene rings is 2. The van der Waals surface area contributed by atoms with E-state index in [1.165, 1.54) is 0 Å². The summed E-state index contributed by atoms with van der Waals surface area (Å²) >= 11 is 0. The molecule has 0 aromatic heterocycles. The number of nitrogens with zero attached hydrogens (tertiary/aromatic N) is 1. The molecule has 2 aromatic rings. The summed E-state index contributed by atoms with van der Waals surface area (Å²) in [5, 5.41) is 3.24. The Balaban J connectivity index is 1.43. The molecule has 1 unspecified atom stereocenters. The van der Waals surface area contributed by atoms with Crippen LogP contribution in [0, 0.1) is 0 Å². The number of hydrogen-bond acceptors (Lipinski definition) is 3. The van der Waals surface area contributed by atoms with Gasteiger partial charge in [0.15, 0.2) is 0 Å². The molecule has 27 heavy (non-hydrogen) atoms. The standard InChI is InChI=1S/C22H24N2O3/c1-27-18-9-5-8-17(14-18)21(26)24-12-10-22(11-13-24)15-19(20(25)23-22)16-6-3-2-4-7-16/h2-9,14,19H,10-13,15H2,1H3,(H,23,25). The van der Waals surface area contributed by atoms with E-state index in [9.17, 15) is 9.59 Å². The van der Waals surface area contributed by atoms with Gasteiger partial charge in [-0.1, -0.05) is 36.4 Å². The van der Waals surface area contributed by atoms with Gasteiger partial charge in [-0.3, -0.25) is 9.59 Å². The molecule has 0 saturated carbocycles. The molecular formula is C22H24N2O3. The van der Waals surface area contributed by atoms with Crippen LogP contribution < -0.4 is 10.1 Å². The second-order valence-corrected chi connectivity index (χ2v) is 7.46. The van der Waals surface area contributed by atoms with Crippen LogP contribution in [0.25, 0.3) is 0 Å². The highest BCUT2D eigenvalue weighted by Crippen LogP contribution is 2.39. The summed E-state index contributed by atoms with van der Waals surface area (Å²) in [7, 11) is 1.60. The van der Waals surface area contributed by atoms with Crippen LogP contribution in [0.2, 0.25) is 0 Å². The summed E-state index contributed by atoms with van der Waals surface area (Å²) in [6, 6.07) is 17.2. The molecule has 4 rings (SSSR count). The van der Waals surface area contributed by atoms with Gasteiger partial charge >= 0.3 is 0 Å². The number of hydrogen-bond donors (Lipinski definition) is 1. The zero-order valence-corrected chi connectivity index (χ0v) is 15.5. The van der Waals surface area contributed by atoms with E-state index in [2.05, 4.69) is 5.32 Å². The first-order valence-corrected chi connectivity index (χ1v) is 9.40. The number of piperidine rings is 1. The maximum atomic E-state index is 12.8. The van der Waals surface area contributed by atoms with Gasteiger partial charge in [-0.05, 0) is 43.0 Å². The highest BCUT2D eigenvalue weighted by atomic mass is 16.5. The predicted molar refractivity (Wildman–Crippen MR) is 103 cm³/mol. The van der Waals surface area contributed by atoms with Crippen LogP contribution in [0.3, 0.4) is 0 Å². The van der Waals surface area contributed by atoms with E-state index in [-0.39, 0.29) is 23.3 Å². The van der Waals surface area contributed by atoms with Crippen LogP contribution in [-0.2, 0) is 4.79 Å². The van der Waals surface area contributed by atoms with Crippen LogP contribution in [0.5, 0.6) is 5.75 Å². The molecule has 2 aliphatic heterocycles. The molecule has 5 heteroatoms. The van der Waals surface area contributed by atoms with Crippen LogP contribution >= 0.6 is 0 Å². The van der Waals surface area contributed by atoms with Crippen molar-refractivity contribution in [2.45, 2.75) is 30.7 Å². The Morgan fingerprint density at radius 1 is 1.11 bits per heavy atom. The van der Waals surface area contributed by atoms with Gasteiger partial charge in [-0.2, -0.15) is 0 Å². The normalized spacial score (nSPS) is 21.1. The van der Waals surface area contributed by atoms with Gasteiger partial charge in [0.05, 0.1) is 13.0 Å². The lowest BCUT2D eigenvalue weighted by Gasteiger charge is -2.39. The Bertz CT molecular complexity index is 842. The zero-order chi connectivity index (χ0) is 18.9. The number of carbonyl (C=O) groups is 2. The number of carbonyl (C=O) groups excluding carboxylic acids is 2. The monoisotopic (exact) mass is 364 g/mol. The first-order valence-electron chi connectivity index (χ1n) is 9.40. The highest BCUT2D eigenvalue weighted by molar-refractivity contribution is 5.94. The van der Waals surface area contributed by atoms with E-state index in [0.717, 1.165) is 24.8 Å². The molecule has 1 atom stereocenters. The van der Waals surface area contributed by atoms with E-state index in [1.807, 2.05) is 53.4 Å². The second kappa shape index (κ2) is 7.06. The fourth-order valence-corrected chi connectivity index (χ4v) is 4.24. The molecule has 1 N–H and O–H groups in total. The number of amides is 2. The SMILES string of the molecule is COc1cccc(C(=O)N2CCC3(CC2)CC(c2ccccc2)C(=O)N3)c1. The van der Waals surface area contributed by atoms with Crippen molar-refractivity contribution in [2.24, 2.45) is 0 Å². The van der Waals surface area contributed by atoms with Gasteiger partial charge in [0.1, 0.15) is 5.75 Å². The molecule has 5 nitrogen and oxygen atoms in total. The zero-order valence-electron chi connectivity index (χ0n) is 15.5. The van der Waals surface area contributed by atoms with Crippen LogP contribution in [-0.4, -0.2) is 42.5 Å². The Morgan fingerprint density at radius 3 is 2.56 bits per heavy atom. The second-order valence-electron chi connectivity index (χ2n) is 7.46. The van der Waals surface area contributed by atoms with E-state index in [1.54, 1.807) is 13.2 Å². The summed E-state index contributed by atoms with van der Waals surface area (Å²) in [5.41, 5.74) is 1.52. The Hall–Kier alpha value is -2.82. The van der Waals surface area contributed by atoms with Crippen molar-refractivity contribution in [1.82, 2.24) is 10.2 Å². The van der Waals surface area contributed by atoms with E-state index in [0.29, 0.717) is 24.4 Å². The van der Waals surface area contributed by atoms with Crippen molar-refractivity contribution in [3.05, 3.63) is 65.7 Å². The average molecular weight is 364 g/mol. The molecule has 2 saturated heterocycles. The van der Waals surface area contributed by atoms with Gasteiger partial charge in [-0.15, -0.1) is 0 Å². The quantitative estimate of drug-likeness (QED) is 0.911. The minimum Gasteiger partial charge on any atom is -0.497 e. The number of ether oxygens (including phenoxy) is 1. The van der Waals surface area contributed by atoms with Gasteiger partial charge in [0, 0.05) is 24.2 Å². The molecule has 2 heterocycles. The minimum atomic E-state index is -0.192. The van der Waals surface area contributed by atoms with Crippen LogP contribution in [0.4, 0.5) is 0 Å². The molecule has 1 spiro atoms. The Kier molecular flexibility index (Phi) is 4.60. The minimum absolute atomic E-state index is 0.0210. The topological polar surface area (TPSA) is 58.6 Å².